The maximum absolute atomic E-state index is 14.5. The lowest BCUT2D eigenvalue weighted by Crippen LogP contribution is -2.22. The first-order valence-corrected chi connectivity index (χ1v) is 13.5. The van der Waals surface area contributed by atoms with Gasteiger partial charge in [0, 0.05) is 0 Å². The summed E-state index contributed by atoms with van der Waals surface area (Å²) in [7, 11) is 0. The van der Waals surface area contributed by atoms with E-state index in [0.717, 1.165) is 57.3 Å². The molecule has 198 valence electrons. The number of hydrogen-bond acceptors (Lipinski definition) is 2. The molecule has 2 fully saturated rings. The highest BCUT2D eigenvalue weighted by molar-refractivity contribution is 5.35. The molecule has 0 aliphatic heterocycles. The lowest BCUT2D eigenvalue weighted by molar-refractivity contribution is 0.139. The van der Waals surface area contributed by atoms with Gasteiger partial charge in [-0.3, -0.25) is 0 Å². The molecule has 35 heavy (non-hydrogen) atoms. The van der Waals surface area contributed by atoms with Crippen LogP contribution < -0.4 is 9.47 Å². The number of allylic oxidation sites excluding steroid dienone is 1. The number of ether oxygens (including phenoxy) is 2. The zero-order chi connectivity index (χ0) is 25.2. The van der Waals surface area contributed by atoms with E-state index in [1.54, 1.807) is 0 Å². The molecule has 0 aromatic heterocycles. The Bertz CT molecular complexity index is 770. The molecule has 2 aliphatic carbocycles. The molecule has 0 spiro atoms. The first kappa shape index (κ1) is 27.9. The zero-order valence-electron chi connectivity index (χ0n) is 21.1. The Hall–Kier alpha value is -1.72. The van der Waals surface area contributed by atoms with Crippen LogP contribution in [0.25, 0.3) is 0 Å². The van der Waals surface area contributed by atoms with Gasteiger partial charge in [0.15, 0.2) is 11.5 Å². The zero-order valence-corrected chi connectivity index (χ0v) is 21.1. The molecule has 2 saturated carbocycles. The van der Waals surface area contributed by atoms with Crippen molar-refractivity contribution in [1.82, 2.24) is 0 Å². The minimum atomic E-state index is -1.25. The molecule has 2 nitrogen and oxygen atoms in total. The van der Waals surface area contributed by atoms with E-state index in [2.05, 4.69) is 13.5 Å². The van der Waals surface area contributed by atoms with Crippen LogP contribution in [0.3, 0.4) is 0 Å². The third-order valence-corrected chi connectivity index (χ3v) is 7.92. The van der Waals surface area contributed by atoms with Crippen LogP contribution in [0.15, 0.2) is 24.8 Å². The summed E-state index contributed by atoms with van der Waals surface area (Å²) in [6.45, 7) is 5.37. The van der Waals surface area contributed by atoms with Gasteiger partial charge in [-0.05, 0) is 74.3 Å². The third-order valence-electron chi connectivity index (χ3n) is 7.92. The molecule has 0 amide bonds. The largest absolute Gasteiger partial charge is 0.487 e. The Morgan fingerprint density at radius 1 is 0.800 bits per heavy atom. The molecule has 1 aromatic carbocycles. The monoisotopic (exact) mass is 498 g/mol. The molecule has 2 aliphatic rings. The normalized spacial score (nSPS) is 26.7. The van der Waals surface area contributed by atoms with Gasteiger partial charge in [0.1, 0.15) is 25.6 Å². The minimum absolute atomic E-state index is 0.280. The van der Waals surface area contributed by atoms with Gasteiger partial charge in [-0.25, -0.2) is 8.78 Å². The molecule has 2 unspecified atom stereocenters. The van der Waals surface area contributed by atoms with Crippen molar-refractivity contribution in [3.8, 4) is 11.5 Å². The lowest BCUT2D eigenvalue weighted by atomic mass is 9.78. The van der Waals surface area contributed by atoms with E-state index in [4.69, 9.17) is 9.47 Å². The second kappa shape index (κ2) is 14.1. The minimum Gasteiger partial charge on any atom is -0.487 e. The fourth-order valence-electron chi connectivity index (χ4n) is 5.78. The van der Waals surface area contributed by atoms with E-state index >= 15 is 0 Å². The summed E-state index contributed by atoms with van der Waals surface area (Å²) in [6, 6.07) is 2.44. The van der Waals surface area contributed by atoms with Gasteiger partial charge in [0.2, 0.25) is 11.6 Å². The average molecular weight is 499 g/mol. The van der Waals surface area contributed by atoms with Crippen LogP contribution in [0, 0.1) is 35.3 Å². The SMILES string of the molecule is C=CC1CCC(CC(F)COc2ccc(OCC(F)CC3CCC(CCC)CC3)c(F)c2F)CC1. The van der Waals surface area contributed by atoms with Crippen molar-refractivity contribution >= 4 is 0 Å². The fourth-order valence-corrected chi connectivity index (χ4v) is 5.78. The van der Waals surface area contributed by atoms with Gasteiger partial charge in [-0.15, -0.1) is 6.58 Å². The maximum atomic E-state index is 14.5. The second-order valence-electron chi connectivity index (χ2n) is 10.7. The Morgan fingerprint density at radius 3 is 1.66 bits per heavy atom. The molecule has 0 bridgehead atoms. The van der Waals surface area contributed by atoms with E-state index < -0.39 is 24.0 Å². The topological polar surface area (TPSA) is 18.5 Å². The van der Waals surface area contributed by atoms with Crippen LogP contribution in [-0.2, 0) is 0 Å². The van der Waals surface area contributed by atoms with Crippen molar-refractivity contribution in [2.75, 3.05) is 13.2 Å². The molecular formula is C29H42F4O2. The van der Waals surface area contributed by atoms with Crippen molar-refractivity contribution in [1.29, 1.82) is 0 Å². The van der Waals surface area contributed by atoms with Crippen molar-refractivity contribution in [2.45, 2.75) is 96.3 Å². The summed E-state index contributed by atoms with van der Waals surface area (Å²) in [5.74, 6) is -1.29. The number of alkyl halides is 2. The van der Waals surface area contributed by atoms with Gasteiger partial charge in [0.25, 0.3) is 0 Å². The quantitative estimate of drug-likeness (QED) is 0.200. The smallest absolute Gasteiger partial charge is 0.204 e. The van der Waals surface area contributed by atoms with Crippen LogP contribution in [0.4, 0.5) is 17.6 Å². The fraction of sp³-hybridized carbons (Fsp3) is 0.724. The average Bonchev–Trinajstić information content (AvgIpc) is 2.86. The molecular weight excluding hydrogens is 456 g/mol. The molecule has 3 rings (SSSR count). The van der Waals surface area contributed by atoms with E-state index in [1.807, 2.05) is 6.08 Å². The van der Waals surface area contributed by atoms with Crippen LogP contribution in [0.1, 0.15) is 84.0 Å². The number of hydrogen-bond donors (Lipinski definition) is 0. The second-order valence-corrected chi connectivity index (χ2v) is 10.7. The summed E-state index contributed by atoms with van der Waals surface area (Å²) >= 11 is 0. The van der Waals surface area contributed by atoms with E-state index in [1.165, 1.54) is 25.0 Å². The first-order valence-electron chi connectivity index (χ1n) is 13.5. The van der Waals surface area contributed by atoms with Gasteiger partial charge in [-0.2, -0.15) is 8.78 Å². The van der Waals surface area contributed by atoms with Crippen LogP contribution >= 0.6 is 0 Å². The molecule has 0 saturated heterocycles. The summed E-state index contributed by atoms with van der Waals surface area (Å²) in [5.41, 5.74) is 0. The Labute approximate surface area is 208 Å². The highest BCUT2D eigenvalue weighted by Gasteiger charge is 2.25. The number of halogens is 4. The molecule has 2 atom stereocenters. The van der Waals surface area contributed by atoms with Crippen LogP contribution in [0.2, 0.25) is 0 Å². The Kier molecular flexibility index (Phi) is 11.2. The summed E-state index contributed by atoms with van der Waals surface area (Å²) < 4.78 is 68.2. The highest BCUT2D eigenvalue weighted by atomic mass is 19.2. The highest BCUT2D eigenvalue weighted by Crippen LogP contribution is 2.35. The predicted molar refractivity (Wildman–Crippen MR) is 132 cm³/mol. The lowest BCUT2D eigenvalue weighted by Gasteiger charge is -2.29. The predicted octanol–water partition coefficient (Wildman–Crippen LogP) is 8.78. The Balaban J connectivity index is 1.40. The summed E-state index contributed by atoms with van der Waals surface area (Å²) in [6.07, 6.45) is 10.9. The van der Waals surface area contributed by atoms with Gasteiger partial charge in [0.05, 0.1) is 0 Å². The van der Waals surface area contributed by atoms with E-state index in [0.29, 0.717) is 24.7 Å². The molecule has 6 heteroatoms. The van der Waals surface area contributed by atoms with Gasteiger partial charge < -0.3 is 9.47 Å². The van der Waals surface area contributed by atoms with Crippen molar-refractivity contribution in [3.63, 3.8) is 0 Å². The summed E-state index contributed by atoms with van der Waals surface area (Å²) in [5, 5.41) is 0. The molecule has 1 aromatic rings. The third kappa shape index (κ3) is 8.71. The van der Waals surface area contributed by atoms with Crippen LogP contribution in [0.5, 0.6) is 11.5 Å². The molecule has 0 N–H and O–H groups in total. The first-order chi connectivity index (χ1) is 16.9. The van der Waals surface area contributed by atoms with Crippen molar-refractivity contribution in [2.24, 2.45) is 23.7 Å². The number of rotatable bonds is 13. The van der Waals surface area contributed by atoms with Gasteiger partial charge >= 0.3 is 0 Å². The maximum Gasteiger partial charge on any atom is 0.204 e. The summed E-state index contributed by atoms with van der Waals surface area (Å²) in [4.78, 5) is 0. The van der Waals surface area contributed by atoms with Crippen LogP contribution in [-0.4, -0.2) is 25.6 Å². The van der Waals surface area contributed by atoms with E-state index in [-0.39, 0.29) is 30.6 Å². The Morgan fingerprint density at radius 2 is 1.23 bits per heavy atom. The standard InChI is InChI=1S/C29H42F4O2/c1-3-5-21-8-12-23(13-9-21)17-25(31)19-35-27-15-14-26(28(32)29(27)33)34-18-24(30)16-22-10-6-20(4-2)7-11-22/h4,14-15,20-25H,2-3,5-13,16-19H2,1H3. The van der Waals surface area contributed by atoms with Crippen molar-refractivity contribution in [3.05, 3.63) is 36.4 Å². The molecule has 0 radical (unpaired) electrons. The molecule has 0 heterocycles. The van der Waals surface area contributed by atoms with Crippen molar-refractivity contribution < 1.29 is 27.0 Å². The van der Waals surface area contributed by atoms with Gasteiger partial charge in [-0.1, -0.05) is 51.5 Å². The van der Waals surface area contributed by atoms with E-state index in [9.17, 15) is 17.6 Å². The number of benzene rings is 1.